The molecule has 1 aliphatic rings. The Bertz CT molecular complexity index is 1420. The van der Waals surface area contributed by atoms with Crippen molar-refractivity contribution < 1.29 is 9.53 Å². The molecule has 0 saturated heterocycles. The summed E-state index contributed by atoms with van der Waals surface area (Å²) in [6.07, 6.45) is 0. The number of fused-ring (bicyclic) bond motifs is 2. The molecule has 1 amide bonds. The van der Waals surface area contributed by atoms with Crippen molar-refractivity contribution in [2.24, 2.45) is 0 Å². The third-order valence-corrected chi connectivity index (χ3v) is 7.18. The maximum absolute atomic E-state index is 13.7. The van der Waals surface area contributed by atoms with Crippen LogP contribution in [0, 0.1) is 6.92 Å². The van der Waals surface area contributed by atoms with Crippen LogP contribution in [0.3, 0.4) is 0 Å². The molecule has 0 unspecified atom stereocenters. The van der Waals surface area contributed by atoms with Crippen LogP contribution in [0.2, 0.25) is 0 Å². The maximum Gasteiger partial charge on any atom is 0.237 e. The Balaban J connectivity index is 1.36. The van der Waals surface area contributed by atoms with Crippen molar-refractivity contribution in [1.82, 2.24) is 14.8 Å². The number of aromatic nitrogens is 3. The third kappa shape index (κ3) is 3.53. The van der Waals surface area contributed by atoms with Crippen molar-refractivity contribution >= 4 is 34.4 Å². The second kappa shape index (κ2) is 7.99. The lowest BCUT2D eigenvalue weighted by molar-refractivity contribution is -0.116. The van der Waals surface area contributed by atoms with E-state index in [4.69, 9.17) is 9.72 Å². The van der Waals surface area contributed by atoms with Gasteiger partial charge in [-0.05, 0) is 30.5 Å². The Hall–Kier alpha value is -3.75. The number of hydrogen-bond donors (Lipinski definition) is 1. The van der Waals surface area contributed by atoms with Crippen molar-refractivity contribution in [2.75, 3.05) is 5.32 Å². The van der Waals surface area contributed by atoms with E-state index in [-0.39, 0.29) is 5.91 Å². The number of nitrogens with one attached hydrogen (secondary N) is 1. The van der Waals surface area contributed by atoms with Crippen LogP contribution in [-0.2, 0) is 4.79 Å². The second-order valence-corrected chi connectivity index (χ2v) is 9.46. The first-order valence-electron chi connectivity index (χ1n) is 10.4. The van der Waals surface area contributed by atoms with E-state index in [1.54, 1.807) is 16.0 Å². The van der Waals surface area contributed by atoms with Gasteiger partial charge in [-0.1, -0.05) is 42.5 Å². The highest BCUT2D eigenvalue weighted by Crippen LogP contribution is 2.44. The first-order chi connectivity index (χ1) is 16.2. The fourth-order valence-corrected chi connectivity index (χ4v) is 5.57. The summed E-state index contributed by atoms with van der Waals surface area (Å²) in [5.41, 5.74) is 3.38. The van der Waals surface area contributed by atoms with Crippen molar-refractivity contribution in [3.63, 3.8) is 0 Å². The van der Waals surface area contributed by atoms with Gasteiger partial charge in [-0.15, -0.1) is 22.7 Å². The zero-order chi connectivity index (χ0) is 22.4. The number of amides is 1. The molecule has 6 nitrogen and oxygen atoms in total. The Morgan fingerprint density at radius 1 is 1.00 bits per heavy atom. The Kier molecular flexibility index (Phi) is 4.82. The minimum atomic E-state index is -0.493. The number of ether oxygens (including phenoxy) is 1. The van der Waals surface area contributed by atoms with Crippen LogP contribution < -0.4 is 10.1 Å². The average molecular weight is 471 g/mol. The molecule has 0 aliphatic carbocycles. The molecule has 0 bridgehead atoms. The summed E-state index contributed by atoms with van der Waals surface area (Å²) in [5.74, 6) is 1.34. The van der Waals surface area contributed by atoms with Crippen LogP contribution in [0.1, 0.15) is 22.7 Å². The maximum atomic E-state index is 13.7. The topological polar surface area (TPSA) is 69.0 Å². The largest absolute Gasteiger partial charge is 0.457 e. The normalized spacial score (nSPS) is 12.6. The Morgan fingerprint density at radius 3 is 2.42 bits per heavy atom. The highest BCUT2D eigenvalue weighted by Gasteiger charge is 2.33. The van der Waals surface area contributed by atoms with Gasteiger partial charge < -0.3 is 10.1 Å². The molecule has 0 spiro atoms. The zero-order valence-corrected chi connectivity index (χ0v) is 19.2. The molecule has 1 N–H and O–H groups in total. The molecule has 4 heterocycles. The number of carbonyl (C=O) groups excluding carboxylic acids is 1. The summed E-state index contributed by atoms with van der Waals surface area (Å²) < 4.78 is 7.74. The average Bonchev–Trinajstić information content (AvgIpc) is 3.58. The quantitative estimate of drug-likeness (QED) is 0.337. The summed E-state index contributed by atoms with van der Waals surface area (Å²) in [5, 5.41) is 12.4. The van der Waals surface area contributed by atoms with E-state index < -0.39 is 5.92 Å². The first-order valence-corrected chi connectivity index (χ1v) is 12.2. The number of carbonyl (C=O) groups is 1. The summed E-state index contributed by atoms with van der Waals surface area (Å²) in [4.78, 5) is 19.5. The standard InChI is InChI=1S/C25H18N4O2S2/c1-15-13-22(29(28-15)25-26-18(14-33-25)21-11-6-12-32-21)27-24(30)23-16-7-2-4-9-19(16)31-20-10-5-3-8-17(20)23/h2-14,23H,1H3,(H,27,30). The molecule has 0 saturated carbocycles. The van der Waals surface area contributed by atoms with Crippen LogP contribution in [0.4, 0.5) is 5.82 Å². The number of hydrogen-bond acceptors (Lipinski definition) is 6. The van der Waals surface area contributed by atoms with Crippen LogP contribution in [-0.4, -0.2) is 20.7 Å². The molecule has 6 rings (SSSR count). The van der Waals surface area contributed by atoms with E-state index in [0.29, 0.717) is 22.4 Å². The zero-order valence-electron chi connectivity index (χ0n) is 17.6. The molecule has 0 atom stereocenters. The number of nitrogens with zero attached hydrogens (tertiary/aromatic N) is 3. The van der Waals surface area contributed by atoms with E-state index >= 15 is 0 Å². The van der Waals surface area contributed by atoms with Crippen molar-refractivity contribution in [3.05, 3.63) is 94.3 Å². The number of anilines is 1. The molecule has 33 heavy (non-hydrogen) atoms. The molecule has 5 aromatic rings. The number of thiazole rings is 1. The van der Waals surface area contributed by atoms with Gasteiger partial charge in [-0.2, -0.15) is 9.78 Å². The molecule has 0 radical (unpaired) electrons. The van der Waals surface area contributed by atoms with Gasteiger partial charge >= 0.3 is 0 Å². The van der Waals surface area contributed by atoms with Gasteiger partial charge in [-0.3, -0.25) is 4.79 Å². The van der Waals surface area contributed by atoms with Crippen LogP contribution in [0.15, 0.2) is 77.5 Å². The minimum absolute atomic E-state index is 0.144. The fourth-order valence-electron chi connectivity index (χ4n) is 4.02. The van der Waals surface area contributed by atoms with E-state index in [1.165, 1.54) is 11.3 Å². The van der Waals surface area contributed by atoms with Gasteiger partial charge in [-0.25, -0.2) is 4.98 Å². The van der Waals surface area contributed by atoms with E-state index in [0.717, 1.165) is 27.4 Å². The highest BCUT2D eigenvalue weighted by atomic mass is 32.1. The second-order valence-electron chi connectivity index (χ2n) is 7.68. The number of para-hydroxylation sites is 2. The molecule has 2 aromatic carbocycles. The lowest BCUT2D eigenvalue weighted by Crippen LogP contribution is -2.26. The molecule has 162 valence electrons. The smallest absolute Gasteiger partial charge is 0.237 e. The van der Waals surface area contributed by atoms with E-state index in [9.17, 15) is 4.79 Å². The van der Waals surface area contributed by atoms with Gasteiger partial charge in [0.25, 0.3) is 0 Å². The molecule has 8 heteroatoms. The fraction of sp³-hybridized carbons (Fsp3) is 0.0800. The number of benzene rings is 2. The van der Waals surface area contributed by atoms with Crippen molar-refractivity contribution in [2.45, 2.75) is 12.8 Å². The Labute approximate surface area is 198 Å². The monoisotopic (exact) mass is 470 g/mol. The predicted molar refractivity (Wildman–Crippen MR) is 131 cm³/mol. The number of aryl methyl sites for hydroxylation is 1. The number of rotatable bonds is 4. The van der Waals surface area contributed by atoms with Crippen molar-refractivity contribution in [3.8, 4) is 27.2 Å². The van der Waals surface area contributed by atoms with Crippen LogP contribution >= 0.6 is 22.7 Å². The molecular weight excluding hydrogens is 452 g/mol. The van der Waals surface area contributed by atoms with Crippen molar-refractivity contribution in [1.29, 1.82) is 0 Å². The van der Waals surface area contributed by atoms with E-state index in [1.807, 2.05) is 84.4 Å². The molecule has 1 aliphatic heterocycles. The summed E-state index contributed by atoms with van der Waals surface area (Å²) in [6, 6.07) is 21.2. The SMILES string of the molecule is Cc1cc(NC(=O)C2c3ccccc3Oc3ccccc32)n(-c2nc(-c3cccs3)cs2)n1. The van der Waals surface area contributed by atoms with Crippen LogP contribution in [0.25, 0.3) is 15.7 Å². The van der Waals surface area contributed by atoms with Gasteiger partial charge in [0.05, 0.1) is 22.2 Å². The third-order valence-electron chi connectivity index (χ3n) is 5.47. The summed E-state index contributed by atoms with van der Waals surface area (Å²) >= 11 is 3.14. The highest BCUT2D eigenvalue weighted by molar-refractivity contribution is 7.15. The summed E-state index contributed by atoms with van der Waals surface area (Å²) in [7, 11) is 0. The summed E-state index contributed by atoms with van der Waals surface area (Å²) in [6.45, 7) is 1.90. The number of thiophene rings is 1. The molecule has 0 fully saturated rings. The van der Waals surface area contributed by atoms with Gasteiger partial charge in [0.1, 0.15) is 17.3 Å². The predicted octanol–water partition coefficient (Wildman–Crippen LogP) is 6.24. The minimum Gasteiger partial charge on any atom is -0.457 e. The van der Waals surface area contributed by atoms with Gasteiger partial charge in [0.15, 0.2) is 0 Å². The molecule has 3 aromatic heterocycles. The lowest BCUT2D eigenvalue weighted by atomic mass is 9.87. The van der Waals surface area contributed by atoms with E-state index in [2.05, 4.69) is 10.4 Å². The first kappa shape index (κ1) is 19.9. The molecular formula is C25H18N4O2S2. The van der Waals surface area contributed by atoms with Crippen LogP contribution in [0.5, 0.6) is 11.5 Å². The Morgan fingerprint density at radius 2 is 1.73 bits per heavy atom. The lowest BCUT2D eigenvalue weighted by Gasteiger charge is -2.27. The van der Waals surface area contributed by atoms with Gasteiger partial charge in [0, 0.05) is 22.6 Å². The van der Waals surface area contributed by atoms with Gasteiger partial charge in [0.2, 0.25) is 11.0 Å².